The minimum Gasteiger partial charge on any atom is -0.319 e. The van der Waals surface area contributed by atoms with Crippen LogP contribution in [-0.4, -0.2) is 9.59 Å². The fourth-order valence-electron chi connectivity index (χ4n) is 1.74. The minimum absolute atomic E-state index is 0.138. The number of aryl methyl sites for hydroxylation is 2. The Balaban J connectivity index is 2.46. The van der Waals surface area contributed by atoms with Crippen molar-refractivity contribution < 1.29 is 8.78 Å². The average molecular weight is 269 g/mol. The van der Waals surface area contributed by atoms with E-state index < -0.39 is 17.7 Å². The quantitative estimate of drug-likeness (QED) is 0.932. The highest BCUT2D eigenvalue weighted by molar-refractivity contribution is 7.05. The second-order valence-electron chi connectivity index (χ2n) is 4.01. The highest BCUT2D eigenvalue weighted by Crippen LogP contribution is 2.28. The van der Waals surface area contributed by atoms with E-state index in [1.807, 2.05) is 6.92 Å². The lowest BCUT2D eigenvalue weighted by Gasteiger charge is -2.13. The molecule has 0 aliphatic rings. The van der Waals surface area contributed by atoms with Crippen LogP contribution in [0.25, 0.3) is 0 Å². The summed E-state index contributed by atoms with van der Waals surface area (Å²) in [5, 5.41) is 3.92. The van der Waals surface area contributed by atoms with E-state index in [1.165, 1.54) is 19.1 Å². The van der Waals surface area contributed by atoms with Crippen LogP contribution in [0.3, 0.4) is 0 Å². The molecule has 0 amide bonds. The molecule has 1 unspecified atom stereocenters. The van der Waals surface area contributed by atoms with Crippen molar-refractivity contribution in [2.24, 2.45) is 5.73 Å². The molecule has 2 aromatic rings. The lowest BCUT2D eigenvalue weighted by Crippen LogP contribution is -2.15. The Kier molecular flexibility index (Phi) is 3.68. The molecule has 0 saturated carbocycles. The largest absolute Gasteiger partial charge is 0.319 e. The van der Waals surface area contributed by atoms with Crippen LogP contribution in [0, 0.1) is 18.6 Å². The van der Waals surface area contributed by atoms with Gasteiger partial charge in [0.2, 0.25) is 0 Å². The summed E-state index contributed by atoms with van der Waals surface area (Å²) in [6.07, 6.45) is 0.662. The number of hydrogen-bond donors (Lipinski definition) is 1. The first-order valence-electron chi connectivity index (χ1n) is 5.57. The van der Waals surface area contributed by atoms with Crippen molar-refractivity contribution in [3.05, 3.63) is 45.5 Å². The third-order valence-electron chi connectivity index (χ3n) is 2.84. The fraction of sp³-hybridized carbons (Fsp3) is 0.333. The maximum Gasteiger partial charge on any atom is 0.164 e. The predicted octanol–water partition coefficient (Wildman–Crippen LogP) is 2.74. The summed E-state index contributed by atoms with van der Waals surface area (Å²) in [6, 6.07) is 2.31. The number of nitrogens with two attached hydrogens (primary N) is 1. The maximum atomic E-state index is 13.8. The van der Waals surface area contributed by atoms with Gasteiger partial charge in [0.15, 0.2) is 11.6 Å². The van der Waals surface area contributed by atoms with Crippen molar-refractivity contribution in [1.82, 2.24) is 9.59 Å². The van der Waals surface area contributed by atoms with Crippen molar-refractivity contribution >= 4 is 11.5 Å². The highest BCUT2D eigenvalue weighted by atomic mass is 32.1. The number of benzene rings is 1. The van der Waals surface area contributed by atoms with E-state index in [9.17, 15) is 8.78 Å². The third kappa shape index (κ3) is 2.13. The molecule has 2 N–H and O–H groups in total. The molecule has 0 aliphatic heterocycles. The summed E-state index contributed by atoms with van der Waals surface area (Å²) >= 11 is 1.12. The molecule has 0 spiro atoms. The topological polar surface area (TPSA) is 51.8 Å². The van der Waals surface area contributed by atoms with Gasteiger partial charge < -0.3 is 5.73 Å². The van der Waals surface area contributed by atoms with Crippen molar-refractivity contribution in [2.45, 2.75) is 26.3 Å². The Morgan fingerprint density at radius 3 is 2.72 bits per heavy atom. The molecule has 2 rings (SSSR count). The van der Waals surface area contributed by atoms with E-state index in [1.54, 1.807) is 0 Å². The van der Waals surface area contributed by atoms with Crippen LogP contribution < -0.4 is 5.73 Å². The van der Waals surface area contributed by atoms with Gasteiger partial charge in [-0.25, -0.2) is 8.78 Å². The van der Waals surface area contributed by atoms with Crippen LogP contribution >= 0.6 is 11.5 Å². The zero-order valence-corrected chi connectivity index (χ0v) is 10.9. The number of halogens is 2. The summed E-state index contributed by atoms with van der Waals surface area (Å²) in [5.74, 6) is -1.74. The Morgan fingerprint density at radius 1 is 1.33 bits per heavy atom. The molecule has 0 fully saturated rings. The number of rotatable bonds is 3. The lowest BCUT2D eigenvalue weighted by atomic mass is 10.0. The van der Waals surface area contributed by atoms with Gasteiger partial charge in [-0.3, -0.25) is 0 Å². The standard InChI is InChI=1S/C12H13F2N3S/c1-3-8-12(18-17-16-8)11(15)7-5-4-6(2)9(13)10(7)14/h4-5,11H,3,15H2,1-2H3. The SMILES string of the molecule is CCc1nnsc1C(N)c1ccc(C)c(F)c1F. The van der Waals surface area contributed by atoms with E-state index in [0.717, 1.165) is 17.2 Å². The van der Waals surface area contributed by atoms with E-state index >= 15 is 0 Å². The zero-order chi connectivity index (χ0) is 13.3. The molecule has 0 bridgehead atoms. The third-order valence-corrected chi connectivity index (χ3v) is 3.69. The average Bonchev–Trinajstić information content (AvgIpc) is 2.83. The maximum absolute atomic E-state index is 13.8. The first kappa shape index (κ1) is 13.0. The summed E-state index contributed by atoms with van der Waals surface area (Å²) in [4.78, 5) is 0.680. The minimum atomic E-state index is -0.891. The molecule has 6 heteroatoms. The molecule has 18 heavy (non-hydrogen) atoms. The van der Waals surface area contributed by atoms with Gasteiger partial charge in [-0.15, -0.1) is 5.10 Å². The van der Waals surface area contributed by atoms with Crippen molar-refractivity contribution in [3.8, 4) is 0 Å². The smallest absolute Gasteiger partial charge is 0.164 e. The van der Waals surface area contributed by atoms with Gasteiger partial charge in [0.05, 0.1) is 16.6 Å². The molecule has 1 aromatic carbocycles. The monoisotopic (exact) mass is 269 g/mol. The normalized spacial score (nSPS) is 12.7. The zero-order valence-electron chi connectivity index (χ0n) is 10.1. The Labute approximate surface area is 108 Å². The molecule has 96 valence electrons. The van der Waals surface area contributed by atoms with E-state index in [0.29, 0.717) is 11.3 Å². The summed E-state index contributed by atoms with van der Waals surface area (Å²) < 4.78 is 31.2. The van der Waals surface area contributed by atoms with Gasteiger partial charge in [-0.1, -0.05) is 23.5 Å². The summed E-state index contributed by atoms with van der Waals surface area (Å²) in [5.41, 5.74) is 7.11. The first-order valence-corrected chi connectivity index (χ1v) is 6.34. The van der Waals surface area contributed by atoms with Crippen LogP contribution in [-0.2, 0) is 6.42 Å². The predicted molar refractivity (Wildman–Crippen MR) is 66.4 cm³/mol. The van der Waals surface area contributed by atoms with E-state index in [2.05, 4.69) is 9.59 Å². The first-order chi connectivity index (χ1) is 8.56. The molecule has 3 nitrogen and oxygen atoms in total. The van der Waals surface area contributed by atoms with Gasteiger partial charge >= 0.3 is 0 Å². The van der Waals surface area contributed by atoms with Crippen LogP contribution in [0.15, 0.2) is 12.1 Å². The fourth-order valence-corrected chi connectivity index (χ4v) is 2.50. The second-order valence-corrected chi connectivity index (χ2v) is 4.80. The molecule has 1 atom stereocenters. The van der Waals surface area contributed by atoms with E-state index in [-0.39, 0.29) is 11.1 Å². The van der Waals surface area contributed by atoms with Crippen LogP contribution in [0.5, 0.6) is 0 Å². The molecule has 1 heterocycles. The number of aromatic nitrogens is 2. The highest BCUT2D eigenvalue weighted by Gasteiger charge is 2.22. The summed E-state index contributed by atoms with van der Waals surface area (Å²) in [7, 11) is 0. The van der Waals surface area contributed by atoms with Gasteiger partial charge in [-0.2, -0.15) is 0 Å². The van der Waals surface area contributed by atoms with Crippen LogP contribution in [0.4, 0.5) is 8.78 Å². The Hall–Kier alpha value is -1.40. The Morgan fingerprint density at radius 2 is 2.06 bits per heavy atom. The van der Waals surface area contributed by atoms with Crippen molar-refractivity contribution in [2.75, 3.05) is 0 Å². The molecule has 0 radical (unpaired) electrons. The lowest BCUT2D eigenvalue weighted by molar-refractivity contribution is 0.489. The molecular weight excluding hydrogens is 256 g/mol. The van der Waals surface area contributed by atoms with Crippen molar-refractivity contribution in [1.29, 1.82) is 0 Å². The summed E-state index contributed by atoms with van der Waals surface area (Å²) in [6.45, 7) is 3.43. The number of nitrogens with zero attached hydrogens (tertiary/aromatic N) is 2. The number of hydrogen-bond acceptors (Lipinski definition) is 4. The molecular formula is C12H13F2N3S. The van der Waals surface area contributed by atoms with Crippen molar-refractivity contribution in [3.63, 3.8) is 0 Å². The molecule has 0 aliphatic carbocycles. The molecule has 0 saturated heterocycles. The molecule has 1 aromatic heterocycles. The van der Waals surface area contributed by atoms with Crippen LogP contribution in [0.1, 0.15) is 34.7 Å². The second kappa shape index (κ2) is 5.07. The van der Waals surface area contributed by atoms with E-state index in [4.69, 9.17) is 5.73 Å². The Bertz CT molecular complexity index is 568. The van der Waals surface area contributed by atoms with Crippen LogP contribution in [0.2, 0.25) is 0 Å². The van der Waals surface area contributed by atoms with Gasteiger partial charge in [0.1, 0.15) is 0 Å². The van der Waals surface area contributed by atoms with Gasteiger partial charge in [0.25, 0.3) is 0 Å². The van der Waals surface area contributed by atoms with Gasteiger partial charge in [-0.05, 0) is 30.4 Å². The van der Waals surface area contributed by atoms with Gasteiger partial charge in [0, 0.05) is 5.56 Å².